The third-order valence-corrected chi connectivity index (χ3v) is 15.0. The Hall–Kier alpha value is -0.0873. The predicted octanol–water partition coefficient (Wildman–Crippen LogP) is 2.05. The Morgan fingerprint density at radius 2 is 0.773 bits per heavy atom. The van der Waals surface area contributed by atoms with Crippen molar-refractivity contribution in [2.45, 2.75) is 39.3 Å². The van der Waals surface area contributed by atoms with Gasteiger partial charge < -0.3 is 0 Å². The molecular weight excluding hydrogens is 430 g/mol. The van der Waals surface area contributed by atoms with Crippen LogP contribution in [0, 0.1) is 0 Å². The number of rotatable bonds is 5. The molecule has 4 heteroatoms. The molecule has 0 aromatic heterocycles. The van der Waals surface area contributed by atoms with E-state index < -0.39 is 16.1 Å². The van der Waals surface area contributed by atoms with Gasteiger partial charge in [-0.3, -0.25) is 0 Å². The van der Waals surface area contributed by atoms with Gasteiger partial charge in [0.05, 0.1) is 0 Å². The maximum absolute atomic E-state index is 2.41. The van der Waals surface area contributed by atoms with Gasteiger partial charge in [-0.2, -0.15) is 0 Å². The quantitative estimate of drug-likeness (QED) is 0.605. The molecule has 0 atom stereocenters. The van der Waals surface area contributed by atoms with E-state index >= 15 is 0 Å². The molecule has 2 aromatic carbocycles. The van der Waals surface area contributed by atoms with Crippen molar-refractivity contribution in [3.8, 4) is 0 Å². The van der Waals surface area contributed by atoms with Crippen LogP contribution < -0.4 is 19.3 Å². The van der Waals surface area contributed by atoms with Crippen molar-refractivity contribution in [1.82, 2.24) is 0 Å². The van der Waals surface area contributed by atoms with Gasteiger partial charge in [0.15, 0.2) is 0 Å². The Balaban J connectivity index is 1.98. The molecule has 0 heterocycles. The first-order valence-corrected chi connectivity index (χ1v) is 20.8. The van der Waals surface area contributed by atoms with E-state index in [0.29, 0.717) is 26.3 Å². The molecular formula is C18H26Se2Si2. The molecule has 0 spiro atoms. The van der Waals surface area contributed by atoms with Crippen LogP contribution in [0.1, 0.15) is 0 Å². The van der Waals surface area contributed by atoms with E-state index in [1.54, 1.807) is 19.3 Å². The van der Waals surface area contributed by atoms with E-state index in [4.69, 9.17) is 0 Å². The molecule has 0 fully saturated rings. The fourth-order valence-corrected chi connectivity index (χ4v) is 10.4. The summed E-state index contributed by atoms with van der Waals surface area (Å²) in [7, 11) is -2.30. The van der Waals surface area contributed by atoms with Gasteiger partial charge in [-0.05, 0) is 0 Å². The van der Waals surface area contributed by atoms with Crippen molar-refractivity contribution in [3.63, 3.8) is 0 Å². The number of hydrogen-bond acceptors (Lipinski definition) is 0. The SMILES string of the molecule is C[Si](C)(C)c1ccc([Se][Se]c2ccc([Si](C)(C)C)cc2)cc1. The molecule has 0 N–H and O–H groups in total. The Bertz CT molecular complexity index is 548. The molecule has 0 nitrogen and oxygen atoms in total. The zero-order chi connectivity index (χ0) is 16.4. The van der Waals surface area contributed by atoms with Gasteiger partial charge >= 0.3 is 150 Å². The summed E-state index contributed by atoms with van der Waals surface area (Å²) in [6.07, 6.45) is 0. The summed E-state index contributed by atoms with van der Waals surface area (Å²) in [4.78, 5) is 0. The summed E-state index contributed by atoms with van der Waals surface area (Å²) in [6.45, 7) is 14.5. The Morgan fingerprint density at radius 1 is 0.500 bits per heavy atom. The minimum absolute atomic E-state index is 0.603. The standard InChI is InChI=1S/C18H26Se2Si2/c1-21(2,3)17-11-7-15(8-12-17)19-20-16-9-13-18(14-10-16)22(4,5)6/h7-14H,1-6H3. The van der Waals surface area contributed by atoms with Crippen LogP contribution in [-0.2, 0) is 0 Å². The van der Waals surface area contributed by atoms with Crippen LogP contribution in [0.2, 0.25) is 39.3 Å². The molecule has 0 saturated heterocycles. The zero-order valence-corrected chi connectivity index (χ0v) is 19.9. The minimum atomic E-state index is -1.15. The maximum atomic E-state index is 2.41. The van der Waals surface area contributed by atoms with Crippen LogP contribution in [-0.4, -0.2) is 42.4 Å². The summed E-state index contributed by atoms with van der Waals surface area (Å²) in [5.74, 6) is 0. The van der Waals surface area contributed by atoms with E-state index in [1.807, 2.05) is 0 Å². The molecule has 22 heavy (non-hydrogen) atoms. The van der Waals surface area contributed by atoms with Gasteiger partial charge in [0, 0.05) is 0 Å². The average Bonchev–Trinajstić information content (AvgIpc) is 2.44. The van der Waals surface area contributed by atoms with Gasteiger partial charge in [-0.25, -0.2) is 0 Å². The Labute approximate surface area is 149 Å². The second kappa shape index (κ2) is 7.21. The third-order valence-electron chi connectivity index (χ3n) is 3.67. The van der Waals surface area contributed by atoms with Crippen molar-refractivity contribution in [3.05, 3.63) is 48.5 Å². The molecule has 0 aliphatic heterocycles. The van der Waals surface area contributed by atoms with Crippen molar-refractivity contribution >= 4 is 61.7 Å². The van der Waals surface area contributed by atoms with Gasteiger partial charge in [0.25, 0.3) is 0 Å². The molecule has 0 bridgehead atoms. The first-order valence-electron chi connectivity index (χ1n) is 7.72. The molecule has 2 rings (SSSR count). The second-order valence-corrected chi connectivity index (χ2v) is 24.2. The Kier molecular flexibility index (Phi) is 5.98. The zero-order valence-electron chi connectivity index (χ0n) is 14.4. The van der Waals surface area contributed by atoms with E-state index in [-0.39, 0.29) is 0 Å². The van der Waals surface area contributed by atoms with Crippen LogP contribution >= 0.6 is 0 Å². The first-order chi connectivity index (χ1) is 10.2. The summed E-state index contributed by atoms with van der Waals surface area (Å²) < 4.78 is 3.09. The van der Waals surface area contributed by atoms with Crippen molar-refractivity contribution in [2.24, 2.45) is 0 Å². The predicted molar refractivity (Wildman–Crippen MR) is 110 cm³/mol. The molecule has 0 amide bonds. The van der Waals surface area contributed by atoms with Crippen molar-refractivity contribution in [1.29, 1.82) is 0 Å². The molecule has 0 aliphatic carbocycles. The van der Waals surface area contributed by atoms with Gasteiger partial charge in [-0.15, -0.1) is 0 Å². The van der Waals surface area contributed by atoms with Crippen molar-refractivity contribution in [2.75, 3.05) is 0 Å². The fraction of sp³-hybridized carbons (Fsp3) is 0.333. The summed E-state index contributed by atoms with van der Waals surface area (Å²) in [6, 6.07) is 18.9. The molecule has 0 saturated carbocycles. The number of benzene rings is 2. The molecule has 0 aliphatic rings. The van der Waals surface area contributed by atoms with Crippen LogP contribution in [0.15, 0.2) is 48.5 Å². The molecule has 118 valence electrons. The fourth-order valence-electron chi connectivity index (χ4n) is 2.12. The molecule has 0 radical (unpaired) electrons. The monoisotopic (exact) mass is 458 g/mol. The van der Waals surface area contributed by atoms with E-state index in [0.717, 1.165) is 0 Å². The van der Waals surface area contributed by atoms with Crippen LogP contribution in [0.25, 0.3) is 0 Å². The second-order valence-electron chi connectivity index (χ2n) is 7.72. The Morgan fingerprint density at radius 3 is 1.00 bits per heavy atom. The van der Waals surface area contributed by atoms with E-state index in [2.05, 4.69) is 87.8 Å². The van der Waals surface area contributed by atoms with Crippen LogP contribution in [0.3, 0.4) is 0 Å². The topological polar surface area (TPSA) is 0 Å². The number of hydrogen-bond donors (Lipinski definition) is 0. The van der Waals surface area contributed by atoms with Crippen LogP contribution in [0.5, 0.6) is 0 Å². The van der Waals surface area contributed by atoms with Crippen LogP contribution in [0.4, 0.5) is 0 Å². The summed E-state index contributed by atoms with van der Waals surface area (Å²) in [5, 5.41) is 3.14. The van der Waals surface area contributed by atoms with E-state index in [1.165, 1.54) is 0 Å². The molecule has 2 aromatic rings. The van der Waals surface area contributed by atoms with Gasteiger partial charge in [0.2, 0.25) is 0 Å². The first kappa shape index (κ1) is 18.3. The van der Waals surface area contributed by atoms with Gasteiger partial charge in [0.1, 0.15) is 0 Å². The average molecular weight is 456 g/mol. The molecule has 0 unspecified atom stereocenters. The summed E-state index contributed by atoms with van der Waals surface area (Å²) in [5.41, 5.74) is 0. The third kappa shape index (κ3) is 5.23. The van der Waals surface area contributed by atoms with E-state index in [9.17, 15) is 0 Å². The van der Waals surface area contributed by atoms with Gasteiger partial charge in [-0.1, -0.05) is 0 Å². The summed E-state index contributed by atoms with van der Waals surface area (Å²) >= 11 is 1.21. The van der Waals surface area contributed by atoms with Crippen molar-refractivity contribution < 1.29 is 0 Å². The normalized spacial score (nSPS) is 12.5.